The van der Waals surface area contributed by atoms with Gasteiger partial charge >= 0.3 is 0 Å². The fraction of sp³-hybridized carbons (Fsp3) is 0.227. The molecular weight excluding hydrogens is 388 g/mol. The largest absolute Gasteiger partial charge is 0.486 e. The Bertz CT molecular complexity index is 1190. The van der Waals surface area contributed by atoms with Gasteiger partial charge in [-0.3, -0.25) is 14.4 Å². The number of aromatic nitrogens is 1. The Morgan fingerprint density at radius 2 is 1.87 bits per heavy atom. The van der Waals surface area contributed by atoms with Crippen LogP contribution in [0.1, 0.15) is 44.5 Å². The first-order chi connectivity index (χ1) is 14.6. The van der Waals surface area contributed by atoms with E-state index in [9.17, 15) is 14.4 Å². The number of nitrogens with one attached hydrogen (secondary N) is 2. The van der Waals surface area contributed by atoms with Crippen LogP contribution in [0.15, 0.2) is 51.9 Å². The van der Waals surface area contributed by atoms with Crippen molar-refractivity contribution in [3.05, 3.63) is 75.6 Å². The molecule has 1 aliphatic carbocycles. The number of H-pyrrole nitrogens is 1. The van der Waals surface area contributed by atoms with Crippen LogP contribution in [0.2, 0.25) is 0 Å². The summed E-state index contributed by atoms with van der Waals surface area (Å²) >= 11 is 0. The third-order valence-electron chi connectivity index (χ3n) is 5.30. The molecule has 0 unspecified atom stereocenters. The van der Waals surface area contributed by atoms with Gasteiger partial charge in [-0.05, 0) is 36.8 Å². The summed E-state index contributed by atoms with van der Waals surface area (Å²) in [5, 5.41) is 2.68. The summed E-state index contributed by atoms with van der Waals surface area (Å²) in [5.41, 5.74) is 0.689. The van der Waals surface area contributed by atoms with Gasteiger partial charge in [0.15, 0.2) is 17.3 Å². The van der Waals surface area contributed by atoms with Crippen molar-refractivity contribution in [1.29, 1.82) is 0 Å². The van der Waals surface area contributed by atoms with Gasteiger partial charge in [-0.2, -0.15) is 0 Å². The third kappa shape index (κ3) is 3.26. The van der Waals surface area contributed by atoms with Crippen LogP contribution in [0.3, 0.4) is 0 Å². The van der Waals surface area contributed by atoms with E-state index in [2.05, 4.69) is 10.3 Å². The lowest BCUT2D eigenvalue weighted by Gasteiger charge is -2.22. The number of hydrogen-bond donors (Lipinski definition) is 2. The molecule has 1 atom stereocenters. The van der Waals surface area contributed by atoms with Crippen LogP contribution in [0.5, 0.6) is 11.5 Å². The Hall–Kier alpha value is -3.81. The van der Waals surface area contributed by atoms with E-state index in [0.29, 0.717) is 53.8 Å². The Kier molecular flexibility index (Phi) is 4.39. The summed E-state index contributed by atoms with van der Waals surface area (Å²) in [7, 11) is 0. The normalized spacial score (nSPS) is 17.3. The second kappa shape index (κ2) is 7.22. The first kappa shape index (κ1) is 18.2. The second-order valence-electron chi connectivity index (χ2n) is 7.26. The number of fused-ring (bicyclic) bond motifs is 2. The zero-order valence-electron chi connectivity index (χ0n) is 15.9. The van der Waals surface area contributed by atoms with E-state index in [1.807, 2.05) is 6.07 Å². The molecule has 0 saturated heterocycles. The van der Waals surface area contributed by atoms with Crippen LogP contribution < -0.4 is 20.3 Å². The van der Waals surface area contributed by atoms with Crippen molar-refractivity contribution in [2.75, 3.05) is 18.5 Å². The minimum absolute atomic E-state index is 0.117. The molecular formula is C22H18N2O6. The van der Waals surface area contributed by atoms with E-state index in [1.165, 1.54) is 6.07 Å². The van der Waals surface area contributed by atoms with Gasteiger partial charge in [0.05, 0.1) is 6.26 Å². The molecule has 1 aromatic carbocycles. The molecule has 0 fully saturated rings. The number of aromatic amines is 1. The summed E-state index contributed by atoms with van der Waals surface area (Å²) in [6.45, 7) is 0.897. The fourth-order valence-electron chi connectivity index (χ4n) is 3.84. The number of carbonyl (C=O) groups excluding carboxylic acids is 2. The highest BCUT2D eigenvalue weighted by Crippen LogP contribution is 2.33. The van der Waals surface area contributed by atoms with Crippen molar-refractivity contribution in [1.82, 2.24) is 4.98 Å². The molecule has 0 radical (unpaired) electrons. The van der Waals surface area contributed by atoms with Crippen LogP contribution in [0.25, 0.3) is 0 Å². The SMILES string of the molecule is O=C1C[C@@H](c2ccco2)Cc2[nH]c(=O)c(C(=O)Nc3ccc4c(c3)OCCO4)cc21. The maximum atomic E-state index is 12.7. The monoisotopic (exact) mass is 406 g/mol. The van der Waals surface area contributed by atoms with Crippen LogP contribution >= 0.6 is 0 Å². The number of Topliss-reactive ketones (excluding diaryl/α,β-unsaturated/α-hetero) is 1. The lowest BCUT2D eigenvalue weighted by molar-refractivity contribution is 0.0959. The van der Waals surface area contributed by atoms with E-state index >= 15 is 0 Å². The molecule has 1 aliphatic heterocycles. The first-order valence-electron chi connectivity index (χ1n) is 9.62. The Balaban J connectivity index is 1.40. The van der Waals surface area contributed by atoms with Gasteiger partial charge in [0.1, 0.15) is 24.5 Å². The number of rotatable bonds is 3. The standard InChI is InChI=1S/C22H18N2O6/c25-17-9-12(18-2-1-5-28-18)8-16-14(17)11-15(22(27)24-16)21(26)23-13-3-4-19-20(10-13)30-7-6-29-19/h1-5,10-12H,6-9H2,(H,23,26)(H,24,27)/t12-/m0/s1. The van der Waals surface area contributed by atoms with Crippen LogP contribution in [0, 0.1) is 0 Å². The average Bonchev–Trinajstić information content (AvgIpc) is 3.28. The van der Waals surface area contributed by atoms with E-state index in [1.54, 1.807) is 30.5 Å². The highest BCUT2D eigenvalue weighted by Gasteiger charge is 2.30. The predicted molar refractivity (Wildman–Crippen MR) is 107 cm³/mol. The molecule has 30 heavy (non-hydrogen) atoms. The van der Waals surface area contributed by atoms with Crippen molar-refractivity contribution in [2.45, 2.75) is 18.8 Å². The molecule has 8 heteroatoms. The number of hydrogen-bond acceptors (Lipinski definition) is 6. The van der Waals surface area contributed by atoms with E-state index in [0.717, 1.165) is 0 Å². The predicted octanol–water partition coefficient (Wildman–Crippen LogP) is 2.90. The number of anilines is 1. The van der Waals surface area contributed by atoms with Crippen molar-refractivity contribution >= 4 is 17.4 Å². The second-order valence-corrected chi connectivity index (χ2v) is 7.26. The summed E-state index contributed by atoms with van der Waals surface area (Å²) in [6.07, 6.45) is 2.28. The molecule has 3 aromatic rings. The number of pyridine rings is 1. The Morgan fingerprint density at radius 1 is 1.03 bits per heavy atom. The first-order valence-corrected chi connectivity index (χ1v) is 9.62. The van der Waals surface area contributed by atoms with Gasteiger partial charge in [-0.1, -0.05) is 0 Å². The van der Waals surface area contributed by atoms with Crippen molar-refractivity contribution in [3.8, 4) is 11.5 Å². The number of carbonyl (C=O) groups is 2. The molecule has 2 aliphatic rings. The summed E-state index contributed by atoms with van der Waals surface area (Å²) in [5.74, 6) is 0.961. The van der Waals surface area contributed by atoms with Crippen molar-refractivity contribution < 1.29 is 23.5 Å². The molecule has 8 nitrogen and oxygen atoms in total. The lowest BCUT2D eigenvalue weighted by Crippen LogP contribution is -2.29. The summed E-state index contributed by atoms with van der Waals surface area (Å²) < 4.78 is 16.4. The smallest absolute Gasteiger partial charge is 0.261 e. The quantitative estimate of drug-likeness (QED) is 0.692. The highest BCUT2D eigenvalue weighted by molar-refractivity contribution is 6.06. The summed E-state index contributed by atoms with van der Waals surface area (Å²) in [6, 6.07) is 9.95. The average molecular weight is 406 g/mol. The van der Waals surface area contributed by atoms with E-state index in [-0.39, 0.29) is 23.7 Å². The molecule has 3 heterocycles. The highest BCUT2D eigenvalue weighted by atomic mass is 16.6. The Morgan fingerprint density at radius 3 is 2.67 bits per heavy atom. The summed E-state index contributed by atoms with van der Waals surface area (Å²) in [4.78, 5) is 40.7. The molecule has 0 spiro atoms. The number of ether oxygens (including phenoxy) is 2. The number of ketones is 1. The molecule has 2 N–H and O–H groups in total. The van der Waals surface area contributed by atoms with Gasteiger partial charge in [0.2, 0.25) is 0 Å². The van der Waals surface area contributed by atoms with Crippen LogP contribution in [-0.4, -0.2) is 29.9 Å². The van der Waals surface area contributed by atoms with Gasteiger partial charge < -0.3 is 24.2 Å². The Labute approximate surface area is 170 Å². The van der Waals surface area contributed by atoms with Crippen LogP contribution in [-0.2, 0) is 6.42 Å². The minimum atomic E-state index is -0.600. The molecule has 2 aromatic heterocycles. The minimum Gasteiger partial charge on any atom is -0.486 e. The number of amides is 1. The number of furan rings is 1. The maximum Gasteiger partial charge on any atom is 0.261 e. The van der Waals surface area contributed by atoms with Crippen molar-refractivity contribution in [3.63, 3.8) is 0 Å². The topological polar surface area (TPSA) is 111 Å². The van der Waals surface area contributed by atoms with E-state index < -0.39 is 11.5 Å². The maximum absolute atomic E-state index is 12.7. The van der Waals surface area contributed by atoms with Gasteiger partial charge in [0.25, 0.3) is 11.5 Å². The van der Waals surface area contributed by atoms with Gasteiger partial charge in [-0.15, -0.1) is 0 Å². The molecule has 0 saturated carbocycles. The molecule has 0 bridgehead atoms. The van der Waals surface area contributed by atoms with Crippen LogP contribution in [0.4, 0.5) is 5.69 Å². The fourth-order valence-corrected chi connectivity index (χ4v) is 3.84. The van der Waals surface area contributed by atoms with E-state index in [4.69, 9.17) is 13.9 Å². The lowest BCUT2D eigenvalue weighted by atomic mass is 9.84. The molecule has 5 rings (SSSR count). The zero-order chi connectivity index (χ0) is 20.7. The van der Waals surface area contributed by atoms with Gasteiger partial charge in [0, 0.05) is 35.3 Å². The zero-order valence-corrected chi connectivity index (χ0v) is 15.9. The molecule has 152 valence electrons. The third-order valence-corrected chi connectivity index (χ3v) is 5.30. The molecule has 1 amide bonds. The number of benzene rings is 1. The van der Waals surface area contributed by atoms with Gasteiger partial charge in [-0.25, -0.2) is 0 Å². The van der Waals surface area contributed by atoms with Crippen molar-refractivity contribution in [2.24, 2.45) is 0 Å².